The van der Waals surface area contributed by atoms with Gasteiger partial charge in [-0.3, -0.25) is 9.10 Å². The summed E-state index contributed by atoms with van der Waals surface area (Å²) in [5, 5.41) is 2.83. The van der Waals surface area contributed by atoms with Crippen LogP contribution in [0.3, 0.4) is 0 Å². The fourth-order valence-electron chi connectivity index (χ4n) is 2.82. The number of aryl methyl sites for hydroxylation is 1. The van der Waals surface area contributed by atoms with Crippen LogP contribution in [0.25, 0.3) is 0 Å². The highest BCUT2D eigenvalue weighted by Crippen LogP contribution is 2.24. The molecule has 3 rings (SSSR count). The molecule has 8 heteroatoms. The van der Waals surface area contributed by atoms with Crippen LogP contribution >= 0.6 is 34.4 Å². The molecular formula is C23H23IN2O3S2. The third kappa shape index (κ3) is 6.72. The SMILES string of the molecule is Cc1ccc(SCCNC(=O)CN(c2ccc(I)cc2)S(=O)(=O)c2ccccc2)cc1. The van der Waals surface area contributed by atoms with E-state index in [1.54, 1.807) is 42.1 Å². The Hall–Kier alpha value is -2.04. The van der Waals surface area contributed by atoms with E-state index in [1.165, 1.54) is 17.7 Å². The van der Waals surface area contributed by atoms with E-state index in [9.17, 15) is 13.2 Å². The number of nitrogens with one attached hydrogen (secondary N) is 1. The summed E-state index contributed by atoms with van der Waals surface area (Å²) < 4.78 is 28.6. The first-order chi connectivity index (χ1) is 14.9. The molecule has 1 N–H and O–H groups in total. The normalized spacial score (nSPS) is 11.2. The molecule has 0 radical (unpaired) electrons. The molecule has 3 aromatic carbocycles. The lowest BCUT2D eigenvalue weighted by atomic mass is 10.2. The summed E-state index contributed by atoms with van der Waals surface area (Å²) in [6.45, 7) is 2.20. The lowest BCUT2D eigenvalue weighted by Crippen LogP contribution is -2.41. The molecule has 0 unspecified atom stereocenters. The first-order valence-electron chi connectivity index (χ1n) is 9.66. The molecule has 5 nitrogen and oxygen atoms in total. The van der Waals surface area contributed by atoms with Crippen molar-refractivity contribution < 1.29 is 13.2 Å². The molecule has 0 aliphatic rings. The standard InChI is InChI=1S/C23H23IN2O3S2/c1-18-7-13-21(14-8-18)30-16-15-25-23(27)17-26(20-11-9-19(24)10-12-20)31(28,29)22-5-3-2-4-6-22/h2-14H,15-17H2,1H3,(H,25,27). The van der Waals surface area contributed by atoms with Crippen LogP contribution in [0.15, 0.2) is 88.7 Å². The van der Waals surface area contributed by atoms with Gasteiger partial charge in [0.2, 0.25) is 5.91 Å². The van der Waals surface area contributed by atoms with Crippen molar-refractivity contribution in [3.63, 3.8) is 0 Å². The molecular weight excluding hydrogens is 543 g/mol. The number of rotatable bonds is 9. The molecule has 0 fully saturated rings. The van der Waals surface area contributed by atoms with Crippen LogP contribution in [0.2, 0.25) is 0 Å². The minimum atomic E-state index is -3.87. The molecule has 1 amide bonds. The molecule has 0 atom stereocenters. The second kappa shape index (κ2) is 11.0. The number of amides is 1. The molecule has 0 aromatic heterocycles. The maximum absolute atomic E-state index is 13.2. The summed E-state index contributed by atoms with van der Waals surface area (Å²) in [5.41, 5.74) is 1.65. The average molecular weight is 566 g/mol. The number of benzene rings is 3. The predicted octanol–water partition coefficient (Wildman–Crippen LogP) is 4.70. The summed E-state index contributed by atoms with van der Waals surface area (Å²) in [5.74, 6) is 0.353. The Balaban J connectivity index is 1.67. The van der Waals surface area contributed by atoms with Gasteiger partial charge in [0.25, 0.3) is 10.0 Å². The van der Waals surface area contributed by atoms with Crippen LogP contribution in [0.5, 0.6) is 0 Å². The van der Waals surface area contributed by atoms with E-state index in [2.05, 4.69) is 27.9 Å². The molecule has 0 aliphatic heterocycles. The highest BCUT2D eigenvalue weighted by molar-refractivity contribution is 14.1. The first-order valence-corrected chi connectivity index (χ1v) is 13.2. The van der Waals surface area contributed by atoms with Crippen LogP contribution < -0.4 is 9.62 Å². The number of hydrogen-bond acceptors (Lipinski definition) is 4. The maximum Gasteiger partial charge on any atom is 0.264 e. The minimum Gasteiger partial charge on any atom is -0.354 e. The Labute approximate surface area is 201 Å². The van der Waals surface area contributed by atoms with E-state index in [0.29, 0.717) is 18.0 Å². The second-order valence-corrected chi connectivity index (χ2v) is 11.1. The molecule has 0 spiro atoms. The highest BCUT2D eigenvalue weighted by Gasteiger charge is 2.26. The second-order valence-electron chi connectivity index (χ2n) is 6.81. The fraction of sp³-hybridized carbons (Fsp3) is 0.174. The van der Waals surface area contributed by atoms with Crippen molar-refractivity contribution in [2.45, 2.75) is 16.7 Å². The number of hydrogen-bond donors (Lipinski definition) is 1. The van der Waals surface area contributed by atoms with E-state index in [0.717, 1.165) is 12.8 Å². The van der Waals surface area contributed by atoms with Gasteiger partial charge in [-0.15, -0.1) is 11.8 Å². The average Bonchev–Trinajstić information content (AvgIpc) is 2.77. The smallest absolute Gasteiger partial charge is 0.264 e. The third-order valence-electron chi connectivity index (χ3n) is 4.45. The summed E-state index contributed by atoms with van der Waals surface area (Å²) in [6, 6.07) is 23.4. The minimum absolute atomic E-state index is 0.149. The fourth-order valence-corrected chi connectivity index (χ4v) is 5.39. The van der Waals surface area contributed by atoms with Gasteiger partial charge in [-0.2, -0.15) is 0 Å². The summed E-state index contributed by atoms with van der Waals surface area (Å²) in [4.78, 5) is 13.9. The lowest BCUT2D eigenvalue weighted by molar-refractivity contribution is -0.119. The quantitative estimate of drug-likeness (QED) is 0.232. The zero-order chi connectivity index (χ0) is 22.3. The van der Waals surface area contributed by atoms with E-state index in [1.807, 2.05) is 43.3 Å². The third-order valence-corrected chi connectivity index (χ3v) is 7.97. The van der Waals surface area contributed by atoms with Crippen molar-refractivity contribution >= 4 is 56.0 Å². The van der Waals surface area contributed by atoms with Crippen LogP contribution in [-0.2, 0) is 14.8 Å². The van der Waals surface area contributed by atoms with Gasteiger partial charge in [0.15, 0.2) is 0 Å². The monoisotopic (exact) mass is 566 g/mol. The van der Waals surface area contributed by atoms with Crippen molar-refractivity contribution in [1.29, 1.82) is 0 Å². The van der Waals surface area contributed by atoms with Gasteiger partial charge in [0, 0.05) is 20.8 Å². The molecule has 0 bridgehead atoms. The molecule has 31 heavy (non-hydrogen) atoms. The zero-order valence-electron chi connectivity index (χ0n) is 17.0. The molecule has 0 aliphatic carbocycles. The Morgan fingerprint density at radius 3 is 2.26 bits per heavy atom. The molecule has 0 saturated carbocycles. The number of carbonyl (C=O) groups excluding carboxylic acids is 1. The largest absolute Gasteiger partial charge is 0.354 e. The topological polar surface area (TPSA) is 66.5 Å². The van der Waals surface area contributed by atoms with Crippen molar-refractivity contribution in [2.75, 3.05) is 23.1 Å². The zero-order valence-corrected chi connectivity index (χ0v) is 20.8. The Morgan fingerprint density at radius 1 is 0.968 bits per heavy atom. The number of nitrogens with zero attached hydrogens (tertiary/aromatic N) is 1. The molecule has 162 valence electrons. The molecule has 0 saturated heterocycles. The Morgan fingerprint density at radius 2 is 1.61 bits per heavy atom. The van der Waals surface area contributed by atoms with Gasteiger partial charge < -0.3 is 5.32 Å². The van der Waals surface area contributed by atoms with E-state index in [4.69, 9.17) is 0 Å². The van der Waals surface area contributed by atoms with Gasteiger partial charge >= 0.3 is 0 Å². The van der Waals surface area contributed by atoms with Crippen LogP contribution in [0.4, 0.5) is 5.69 Å². The number of sulfonamides is 1. The highest BCUT2D eigenvalue weighted by atomic mass is 127. The van der Waals surface area contributed by atoms with Crippen LogP contribution in [-0.4, -0.2) is 33.2 Å². The van der Waals surface area contributed by atoms with Gasteiger partial charge in [-0.05, 0) is 78.0 Å². The van der Waals surface area contributed by atoms with Crippen molar-refractivity contribution in [1.82, 2.24) is 5.32 Å². The first kappa shape index (κ1) is 23.6. The van der Waals surface area contributed by atoms with E-state index < -0.39 is 10.0 Å². The lowest BCUT2D eigenvalue weighted by Gasteiger charge is -2.24. The number of anilines is 1. The van der Waals surface area contributed by atoms with Gasteiger partial charge in [-0.1, -0.05) is 35.9 Å². The van der Waals surface area contributed by atoms with Crippen molar-refractivity contribution in [3.05, 3.63) is 88.0 Å². The summed E-state index contributed by atoms with van der Waals surface area (Å²) in [6.07, 6.45) is 0. The van der Waals surface area contributed by atoms with Crippen LogP contribution in [0.1, 0.15) is 5.56 Å². The van der Waals surface area contributed by atoms with Gasteiger partial charge in [-0.25, -0.2) is 8.42 Å². The maximum atomic E-state index is 13.2. The van der Waals surface area contributed by atoms with Gasteiger partial charge in [0.1, 0.15) is 6.54 Å². The number of carbonyl (C=O) groups is 1. The summed E-state index contributed by atoms with van der Waals surface area (Å²) >= 11 is 3.80. The number of halogens is 1. The van der Waals surface area contributed by atoms with E-state index in [-0.39, 0.29) is 17.3 Å². The predicted molar refractivity (Wildman–Crippen MR) is 135 cm³/mol. The number of thioether (sulfide) groups is 1. The molecule has 3 aromatic rings. The Bertz CT molecular complexity index is 1100. The Kier molecular flexibility index (Phi) is 8.39. The summed E-state index contributed by atoms with van der Waals surface area (Å²) in [7, 11) is -3.87. The van der Waals surface area contributed by atoms with Crippen molar-refractivity contribution in [3.8, 4) is 0 Å². The van der Waals surface area contributed by atoms with Crippen LogP contribution in [0, 0.1) is 10.5 Å². The van der Waals surface area contributed by atoms with Gasteiger partial charge in [0.05, 0.1) is 10.6 Å². The van der Waals surface area contributed by atoms with Crippen molar-refractivity contribution in [2.24, 2.45) is 0 Å². The van der Waals surface area contributed by atoms with E-state index >= 15 is 0 Å². The molecule has 0 heterocycles.